The van der Waals surface area contributed by atoms with Crippen LogP contribution in [0.2, 0.25) is 0 Å². The Morgan fingerprint density at radius 1 is 1.50 bits per heavy atom. The van der Waals surface area contributed by atoms with Crippen molar-refractivity contribution in [2.75, 3.05) is 11.9 Å². The molecule has 1 aromatic rings. The molecule has 1 atom stereocenters. The van der Waals surface area contributed by atoms with Crippen molar-refractivity contribution in [3.63, 3.8) is 0 Å². The summed E-state index contributed by atoms with van der Waals surface area (Å²) >= 11 is 3.20. The van der Waals surface area contributed by atoms with Crippen LogP contribution in [0, 0.1) is 5.82 Å². The molecule has 8 heteroatoms. The van der Waals surface area contributed by atoms with Gasteiger partial charge in [-0.15, -0.1) is 0 Å². The molecule has 6 nitrogen and oxygen atoms in total. The van der Waals surface area contributed by atoms with Crippen LogP contribution < -0.4 is 15.0 Å². The SMILES string of the molecule is CC(CCC(=O)NC=O)N(C)c1c(F)ccc(Br)c1OC=O. The third-order valence-corrected chi connectivity index (χ3v) is 3.85. The number of nitrogens with one attached hydrogen (secondary N) is 1. The van der Waals surface area contributed by atoms with E-state index in [-0.39, 0.29) is 30.4 Å². The monoisotopic (exact) mass is 374 g/mol. The van der Waals surface area contributed by atoms with Crippen molar-refractivity contribution in [1.29, 1.82) is 0 Å². The van der Waals surface area contributed by atoms with Gasteiger partial charge in [-0.1, -0.05) is 0 Å². The zero-order chi connectivity index (χ0) is 16.7. The standard InChI is InChI=1S/C14H16BrFN2O4/c1-9(3-6-12(21)17-7-19)18(2)13-11(16)5-4-10(15)14(13)22-8-20/h4-5,7-9H,3,6H2,1-2H3,(H,17,19,21). The van der Waals surface area contributed by atoms with E-state index < -0.39 is 11.7 Å². The van der Waals surface area contributed by atoms with E-state index in [9.17, 15) is 18.8 Å². The van der Waals surface area contributed by atoms with Crippen LogP contribution in [0.1, 0.15) is 19.8 Å². The van der Waals surface area contributed by atoms with E-state index in [0.29, 0.717) is 17.3 Å². The van der Waals surface area contributed by atoms with Crippen molar-refractivity contribution >= 4 is 40.4 Å². The average molecular weight is 375 g/mol. The Bertz CT molecular complexity index is 568. The first-order valence-electron chi connectivity index (χ1n) is 6.46. The molecule has 0 saturated carbocycles. The summed E-state index contributed by atoms with van der Waals surface area (Å²) in [5.41, 5.74) is 0.116. The van der Waals surface area contributed by atoms with Gasteiger partial charge in [0.05, 0.1) is 4.47 Å². The number of hydrogen-bond donors (Lipinski definition) is 1. The van der Waals surface area contributed by atoms with E-state index in [2.05, 4.69) is 15.9 Å². The quantitative estimate of drug-likeness (QED) is 0.704. The summed E-state index contributed by atoms with van der Waals surface area (Å²) < 4.78 is 19.4. The molecule has 0 bridgehead atoms. The first-order valence-corrected chi connectivity index (χ1v) is 7.25. The molecule has 1 rings (SSSR count). The van der Waals surface area contributed by atoms with Crippen molar-refractivity contribution in [1.82, 2.24) is 5.32 Å². The van der Waals surface area contributed by atoms with Gasteiger partial charge in [-0.2, -0.15) is 0 Å². The minimum absolute atomic E-state index is 0.0710. The van der Waals surface area contributed by atoms with Gasteiger partial charge < -0.3 is 9.64 Å². The third kappa shape index (κ3) is 4.52. The van der Waals surface area contributed by atoms with Crippen LogP contribution >= 0.6 is 15.9 Å². The Morgan fingerprint density at radius 2 is 2.18 bits per heavy atom. The van der Waals surface area contributed by atoms with Gasteiger partial charge in [-0.05, 0) is 41.4 Å². The number of amides is 2. The predicted octanol–water partition coefficient (Wildman–Crippen LogP) is 2.00. The Morgan fingerprint density at radius 3 is 2.77 bits per heavy atom. The van der Waals surface area contributed by atoms with Crippen LogP contribution in [0.25, 0.3) is 0 Å². The molecule has 1 unspecified atom stereocenters. The summed E-state index contributed by atoms with van der Waals surface area (Å²) in [6, 6.07) is 2.46. The molecular formula is C14H16BrFN2O4. The van der Waals surface area contributed by atoms with E-state index >= 15 is 0 Å². The maximum atomic E-state index is 14.1. The van der Waals surface area contributed by atoms with Gasteiger partial charge in [0.1, 0.15) is 11.5 Å². The normalized spacial score (nSPS) is 11.5. The summed E-state index contributed by atoms with van der Waals surface area (Å²) in [4.78, 5) is 33.6. The lowest BCUT2D eigenvalue weighted by molar-refractivity contribution is -0.125. The lowest BCUT2D eigenvalue weighted by Crippen LogP contribution is -2.32. The van der Waals surface area contributed by atoms with Gasteiger partial charge >= 0.3 is 0 Å². The van der Waals surface area contributed by atoms with Crippen LogP contribution in [0.15, 0.2) is 16.6 Å². The highest BCUT2D eigenvalue weighted by Crippen LogP contribution is 2.38. The van der Waals surface area contributed by atoms with E-state index in [1.54, 1.807) is 18.9 Å². The van der Waals surface area contributed by atoms with Crippen molar-refractivity contribution in [3.8, 4) is 5.75 Å². The number of imide groups is 1. The highest BCUT2D eigenvalue weighted by molar-refractivity contribution is 9.10. The minimum atomic E-state index is -0.549. The lowest BCUT2D eigenvalue weighted by atomic mass is 10.1. The molecule has 0 fully saturated rings. The maximum Gasteiger partial charge on any atom is 0.298 e. The number of rotatable bonds is 8. The molecule has 0 aliphatic heterocycles. The van der Waals surface area contributed by atoms with Gasteiger partial charge in [-0.3, -0.25) is 19.7 Å². The van der Waals surface area contributed by atoms with E-state index in [1.807, 2.05) is 5.32 Å². The summed E-state index contributed by atoms with van der Waals surface area (Å²) in [5, 5.41) is 2.04. The van der Waals surface area contributed by atoms with E-state index in [1.165, 1.54) is 12.1 Å². The van der Waals surface area contributed by atoms with E-state index in [4.69, 9.17) is 4.74 Å². The van der Waals surface area contributed by atoms with Gasteiger partial charge in [-0.25, -0.2) is 4.39 Å². The highest BCUT2D eigenvalue weighted by atomic mass is 79.9. The molecule has 0 aromatic heterocycles. The molecule has 0 heterocycles. The number of nitrogens with zero attached hydrogens (tertiary/aromatic N) is 1. The largest absolute Gasteiger partial charge is 0.425 e. The Balaban J connectivity index is 2.94. The molecule has 0 aliphatic rings. The Kier molecular flexibility index (Phi) is 6.97. The first kappa shape index (κ1) is 18.1. The van der Waals surface area contributed by atoms with E-state index in [0.717, 1.165) is 0 Å². The zero-order valence-corrected chi connectivity index (χ0v) is 13.7. The third-order valence-electron chi connectivity index (χ3n) is 3.22. The maximum absolute atomic E-state index is 14.1. The second-order valence-corrected chi connectivity index (χ2v) is 5.46. The van der Waals surface area contributed by atoms with Crippen LogP contribution in [-0.2, 0) is 14.4 Å². The Labute approximate surface area is 135 Å². The Hall–Kier alpha value is -1.96. The summed E-state index contributed by atoms with van der Waals surface area (Å²) in [6.07, 6.45) is 0.827. The number of hydrogen-bond acceptors (Lipinski definition) is 5. The summed E-state index contributed by atoms with van der Waals surface area (Å²) in [5.74, 6) is -0.886. The van der Waals surface area contributed by atoms with Gasteiger partial charge in [0.2, 0.25) is 12.3 Å². The van der Waals surface area contributed by atoms with Crippen LogP contribution in [0.5, 0.6) is 5.75 Å². The number of anilines is 1. The van der Waals surface area contributed by atoms with Gasteiger partial charge in [0.15, 0.2) is 5.75 Å². The van der Waals surface area contributed by atoms with Gasteiger partial charge in [0.25, 0.3) is 6.47 Å². The topological polar surface area (TPSA) is 75.7 Å². The molecule has 1 aromatic carbocycles. The van der Waals surface area contributed by atoms with Crippen LogP contribution in [-0.4, -0.2) is 31.9 Å². The highest BCUT2D eigenvalue weighted by Gasteiger charge is 2.22. The van der Waals surface area contributed by atoms with Crippen LogP contribution in [0.4, 0.5) is 10.1 Å². The number of halogens is 2. The molecule has 0 spiro atoms. The minimum Gasteiger partial charge on any atom is -0.425 e. The molecule has 22 heavy (non-hydrogen) atoms. The molecule has 1 N–H and O–H groups in total. The number of benzene rings is 1. The molecule has 120 valence electrons. The van der Waals surface area contributed by atoms with Crippen molar-refractivity contribution < 1.29 is 23.5 Å². The van der Waals surface area contributed by atoms with Crippen molar-refractivity contribution in [3.05, 3.63) is 22.4 Å². The first-order chi connectivity index (χ1) is 10.4. The lowest BCUT2D eigenvalue weighted by Gasteiger charge is -2.28. The smallest absolute Gasteiger partial charge is 0.298 e. The number of ether oxygens (including phenoxy) is 1. The molecule has 0 radical (unpaired) electrons. The fraction of sp³-hybridized carbons (Fsp3) is 0.357. The zero-order valence-electron chi connectivity index (χ0n) is 12.1. The second kappa shape index (κ2) is 8.47. The fourth-order valence-electron chi connectivity index (χ4n) is 1.90. The fourth-order valence-corrected chi connectivity index (χ4v) is 2.32. The summed E-state index contributed by atoms with van der Waals surface area (Å²) in [7, 11) is 1.63. The van der Waals surface area contributed by atoms with Crippen molar-refractivity contribution in [2.45, 2.75) is 25.8 Å². The summed E-state index contributed by atoms with van der Waals surface area (Å²) in [6.45, 7) is 2.01. The molecule has 0 aliphatic carbocycles. The van der Waals surface area contributed by atoms with Crippen molar-refractivity contribution in [2.24, 2.45) is 0 Å². The van der Waals surface area contributed by atoms with Gasteiger partial charge in [0, 0.05) is 19.5 Å². The molecule has 2 amide bonds. The van der Waals surface area contributed by atoms with Crippen LogP contribution in [0.3, 0.4) is 0 Å². The number of carbonyl (C=O) groups is 3. The number of carbonyl (C=O) groups excluding carboxylic acids is 3. The molecule has 0 saturated heterocycles. The average Bonchev–Trinajstić information content (AvgIpc) is 2.48. The predicted molar refractivity (Wildman–Crippen MR) is 82.1 cm³/mol. The molecular weight excluding hydrogens is 359 g/mol. The second-order valence-electron chi connectivity index (χ2n) is 4.60.